The monoisotopic (exact) mass is 439 g/mol. The van der Waals surface area contributed by atoms with Crippen LogP contribution in [0.25, 0.3) is 14.7 Å². The minimum atomic E-state index is 0.989. The van der Waals surface area contributed by atoms with Gasteiger partial charge in [0.15, 0.2) is 0 Å². The van der Waals surface area contributed by atoms with Crippen molar-refractivity contribution in [2.75, 3.05) is 0 Å². The molecule has 0 radical (unpaired) electrons. The van der Waals surface area contributed by atoms with Crippen molar-refractivity contribution in [3.63, 3.8) is 0 Å². The van der Waals surface area contributed by atoms with E-state index in [1.54, 1.807) is 0 Å². The Balaban J connectivity index is 2.00. The molecule has 2 heteroatoms. The summed E-state index contributed by atoms with van der Waals surface area (Å²) in [6.45, 7) is 8.35. The second-order valence-electron chi connectivity index (χ2n) is 6.36. The summed E-state index contributed by atoms with van der Waals surface area (Å²) in [6, 6.07) is 15.1. The summed E-state index contributed by atoms with van der Waals surface area (Å²) in [5, 5.41) is 0. The summed E-state index contributed by atoms with van der Waals surface area (Å²) in [5.74, 6) is 0. The second-order valence-corrected chi connectivity index (χ2v) is 7.66. The van der Waals surface area contributed by atoms with Crippen LogP contribution in [0.15, 0.2) is 77.8 Å². The van der Waals surface area contributed by atoms with E-state index in [4.69, 9.17) is 4.99 Å². The minimum Gasteiger partial charge on any atom is -0.253 e. The normalized spacial score (nSPS) is 14.4. The lowest BCUT2D eigenvalue weighted by molar-refractivity contribution is 1.00. The fraction of sp³-hybridized carbons (Fsp3) is 0.174. The molecule has 0 heterocycles. The SMILES string of the molecule is C=C(I)c1cc(-c2ccc(C)cc2)ccc1/N=C(\C)C1=CC=CCC1. The molecule has 0 atom stereocenters. The molecule has 0 bridgehead atoms. The first-order chi connectivity index (χ1) is 12.0. The van der Waals surface area contributed by atoms with Gasteiger partial charge in [0.25, 0.3) is 0 Å². The fourth-order valence-electron chi connectivity index (χ4n) is 2.93. The lowest BCUT2D eigenvalue weighted by Crippen LogP contribution is -1.99. The third-order valence-electron chi connectivity index (χ3n) is 4.44. The maximum atomic E-state index is 4.90. The van der Waals surface area contributed by atoms with E-state index in [-0.39, 0.29) is 0 Å². The molecule has 0 unspecified atom stereocenters. The van der Waals surface area contributed by atoms with Gasteiger partial charge in [-0.2, -0.15) is 0 Å². The average molecular weight is 439 g/mol. The zero-order valence-corrected chi connectivity index (χ0v) is 16.9. The Bertz CT molecular complexity index is 883. The lowest BCUT2D eigenvalue weighted by atomic mass is 9.99. The number of benzene rings is 2. The van der Waals surface area contributed by atoms with Gasteiger partial charge in [-0.3, -0.25) is 4.99 Å². The first-order valence-electron chi connectivity index (χ1n) is 8.52. The van der Waals surface area contributed by atoms with Crippen molar-refractivity contribution in [3.8, 4) is 11.1 Å². The zero-order valence-electron chi connectivity index (χ0n) is 14.7. The number of aliphatic imine (C=N–C) groups is 1. The molecule has 0 fully saturated rings. The number of aryl methyl sites for hydroxylation is 1. The highest BCUT2D eigenvalue weighted by Crippen LogP contribution is 2.34. The highest BCUT2D eigenvalue weighted by molar-refractivity contribution is 14.1. The van der Waals surface area contributed by atoms with Gasteiger partial charge in [-0.25, -0.2) is 0 Å². The highest BCUT2D eigenvalue weighted by atomic mass is 127. The molecule has 2 aromatic rings. The summed E-state index contributed by atoms with van der Waals surface area (Å²) in [7, 11) is 0. The predicted molar refractivity (Wildman–Crippen MR) is 119 cm³/mol. The fourth-order valence-corrected chi connectivity index (χ4v) is 3.36. The minimum absolute atomic E-state index is 0.989. The van der Waals surface area contributed by atoms with Crippen LogP contribution in [0.4, 0.5) is 5.69 Å². The lowest BCUT2D eigenvalue weighted by Gasteiger charge is -2.12. The van der Waals surface area contributed by atoms with Crippen LogP contribution in [0.3, 0.4) is 0 Å². The maximum Gasteiger partial charge on any atom is 0.0716 e. The van der Waals surface area contributed by atoms with Crippen LogP contribution in [0.5, 0.6) is 0 Å². The van der Waals surface area contributed by atoms with Gasteiger partial charge in [-0.05, 0) is 78.1 Å². The number of hydrogen-bond donors (Lipinski definition) is 0. The summed E-state index contributed by atoms with van der Waals surface area (Å²) >= 11 is 2.29. The van der Waals surface area contributed by atoms with E-state index in [2.05, 4.69) is 104 Å². The van der Waals surface area contributed by atoms with Gasteiger partial charge in [-0.1, -0.05) is 60.7 Å². The van der Waals surface area contributed by atoms with Crippen LogP contribution in [0, 0.1) is 6.92 Å². The molecule has 25 heavy (non-hydrogen) atoms. The number of halogens is 1. The molecule has 126 valence electrons. The van der Waals surface area contributed by atoms with E-state index in [0.717, 1.165) is 33.4 Å². The summed E-state index contributed by atoms with van der Waals surface area (Å²) in [6.07, 6.45) is 8.65. The largest absolute Gasteiger partial charge is 0.253 e. The van der Waals surface area contributed by atoms with E-state index in [0.29, 0.717) is 0 Å². The molecule has 0 N–H and O–H groups in total. The second kappa shape index (κ2) is 7.96. The topological polar surface area (TPSA) is 12.4 Å². The summed E-state index contributed by atoms with van der Waals surface area (Å²) in [4.78, 5) is 4.90. The third-order valence-corrected chi connectivity index (χ3v) is 5.02. The van der Waals surface area contributed by atoms with E-state index >= 15 is 0 Å². The summed E-state index contributed by atoms with van der Waals surface area (Å²) < 4.78 is 1.01. The molecule has 0 aliphatic heterocycles. The van der Waals surface area contributed by atoms with Crippen LogP contribution < -0.4 is 0 Å². The first-order valence-corrected chi connectivity index (χ1v) is 9.60. The quantitative estimate of drug-likeness (QED) is 0.347. The van der Waals surface area contributed by atoms with E-state index in [9.17, 15) is 0 Å². The van der Waals surface area contributed by atoms with Crippen LogP contribution in [0.1, 0.15) is 30.9 Å². The Morgan fingerprint density at radius 3 is 2.44 bits per heavy atom. The van der Waals surface area contributed by atoms with Crippen molar-refractivity contribution in [1.29, 1.82) is 0 Å². The smallest absolute Gasteiger partial charge is 0.0716 e. The molecule has 1 aliphatic rings. The van der Waals surface area contributed by atoms with Crippen molar-refractivity contribution in [1.82, 2.24) is 0 Å². The Labute approximate surface area is 164 Å². The van der Waals surface area contributed by atoms with Gasteiger partial charge in [0.05, 0.1) is 5.69 Å². The predicted octanol–water partition coefficient (Wildman–Crippen LogP) is 7.44. The molecule has 0 spiro atoms. The number of allylic oxidation sites excluding steroid dienone is 4. The Hall–Kier alpha value is -1.94. The Morgan fingerprint density at radius 2 is 1.80 bits per heavy atom. The third kappa shape index (κ3) is 4.37. The molecule has 1 nitrogen and oxygen atoms in total. The Kier molecular flexibility index (Phi) is 5.69. The average Bonchev–Trinajstić information content (AvgIpc) is 2.63. The highest BCUT2D eigenvalue weighted by Gasteiger charge is 2.09. The van der Waals surface area contributed by atoms with Gasteiger partial charge >= 0.3 is 0 Å². The van der Waals surface area contributed by atoms with Gasteiger partial charge in [-0.15, -0.1) is 0 Å². The van der Waals surface area contributed by atoms with Crippen molar-refractivity contribution < 1.29 is 0 Å². The van der Waals surface area contributed by atoms with Gasteiger partial charge in [0, 0.05) is 14.9 Å². The molecule has 0 saturated carbocycles. The van der Waals surface area contributed by atoms with Crippen LogP contribution in [-0.2, 0) is 0 Å². The van der Waals surface area contributed by atoms with Gasteiger partial charge < -0.3 is 0 Å². The number of rotatable bonds is 4. The van der Waals surface area contributed by atoms with E-state index in [1.807, 2.05) is 0 Å². The first kappa shape index (κ1) is 17.9. The van der Waals surface area contributed by atoms with E-state index < -0.39 is 0 Å². The van der Waals surface area contributed by atoms with Crippen LogP contribution in [0.2, 0.25) is 0 Å². The van der Waals surface area contributed by atoms with Gasteiger partial charge in [0.2, 0.25) is 0 Å². The van der Waals surface area contributed by atoms with Crippen LogP contribution >= 0.6 is 22.6 Å². The number of hydrogen-bond acceptors (Lipinski definition) is 1. The van der Waals surface area contributed by atoms with Crippen molar-refractivity contribution in [3.05, 3.63) is 84.0 Å². The molecule has 0 amide bonds. The molecular weight excluding hydrogens is 417 g/mol. The standard InChI is InChI=1S/C23H22IN/c1-16-9-11-20(12-10-16)21-13-14-23(22(15-21)17(2)24)25-18(3)19-7-5-4-6-8-19/h4-5,7,9-15H,2,6,8H2,1,3H3/b25-18+. The molecular formula is C23H22IN. The van der Waals surface area contributed by atoms with Crippen molar-refractivity contribution in [2.24, 2.45) is 4.99 Å². The zero-order chi connectivity index (χ0) is 17.8. The van der Waals surface area contributed by atoms with Crippen molar-refractivity contribution >= 4 is 37.6 Å². The van der Waals surface area contributed by atoms with Crippen LogP contribution in [-0.4, -0.2) is 5.71 Å². The van der Waals surface area contributed by atoms with E-state index in [1.165, 1.54) is 22.3 Å². The molecule has 2 aromatic carbocycles. The molecule has 0 aromatic heterocycles. The van der Waals surface area contributed by atoms with Gasteiger partial charge in [0.1, 0.15) is 0 Å². The Morgan fingerprint density at radius 1 is 1.08 bits per heavy atom. The maximum absolute atomic E-state index is 4.90. The summed E-state index contributed by atoms with van der Waals surface area (Å²) in [5.41, 5.74) is 8.18. The van der Waals surface area contributed by atoms with Crippen molar-refractivity contribution in [2.45, 2.75) is 26.7 Å². The number of nitrogens with zero attached hydrogens (tertiary/aromatic N) is 1. The molecule has 1 aliphatic carbocycles. The molecule has 0 saturated heterocycles. The molecule has 3 rings (SSSR count).